The third kappa shape index (κ3) is 4.88. The fourth-order valence-corrected chi connectivity index (χ4v) is 1.99. The molecule has 112 valence electrons. The second kappa shape index (κ2) is 7.24. The predicted molar refractivity (Wildman–Crippen MR) is 88.5 cm³/mol. The number of aryl methyl sites for hydroxylation is 1. The van der Waals surface area contributed by atoms with Gasteiger partial charge in [0.05, 0.1) is 10.7 Å². The standard InChI is InChI=1S/C15H20ClN5/c1-11-10-14(19-13-7-5-4-6-12(13)16)20-15(18-11)17-8-9-21(2)3/h4-7,10H,8-9H2,1-3H3,(H2,17,18,19,20). The lowest BCUT2D eigenvalue weighted by atomic mass is 10.3. The zero-order valence-electron chi connectivity index (χ0n) is 12.5. The number of nitrogens with one attached hydrogen (secondary N) is 2. The Morgan fingerprint density at radius 1 is 1.19 bits per heavy atom. The zero-order valence-corrected chi connectivity index (χ0v) is 13.3. The molecular weight excluding hydrogens is 286 g/mol. The number of hydrogen-bond acceptors (Lipinski definition) is 5. The van der Waals surface area contributed by atoms with Gasteiger partial charge in [-0.05, 0) is 33.2 Å². The van der Waals surface area contributed by atoms with Crippen LogP contribution in [0.2, 0.25) is 5.02 Å². The summed E-state index contributed by atoms with van der Waals surface area (Å²) in [5.41, 5.74) is 1.73. The molecule has 1 heterocycles. The van der Waals surface area contributed by atoms with Crippen LogP contribution < -0.4 is 10.6 Å². The van der Waals surface area contributed by atoms with Gasteiger partial charge in [-0.15, -0.1) is 0 Å². The minimum atomic E-state index is 0.617. The number of halogens is 1. The molecule has 0 unspecified atom stereocenters. The number of rotatable bonds is 6. The van der Waals surface area contributed by atoms with Gasteiger partial charge < -0.3 is 15.5 Å². The van der Waals surface area contributed by atoms with Crippen LogP contribution in [0.15, 0.2) is 30.3 Å². The van der Waals surface area contributed by atoms with Gasteiger partial charge in [-0.3, -0.25) is 0 Å². The van der Waals surface area contributed by atoms with E-state index in [0.717, 1.165) is 30.3 Å². The Morgan fingerprint density at radius 2 is 1.95 bits per heavy atom. The van der Waals surface area contributed by atoms with Crippen molar-refractivity contribution in [1.82, 2.24) is 14.9 Å². The Hall–Kier alpha value is -1.85. The van der Waals surface area contributed by atoms with Crippen molar-refractivity contribution in [3.05, 3.63) is 41.0 Å². The summed E-state index contributed by atoms with van der Waals surface area (Å²) in [5.74, 6) is 1.34. The molecule has 0 saturated carbocycles. The molecule has 0 amide bonds. The Labute approximate surface area is 130 Å². The molecule has 0 aliphatic carbocycles. The van der Waals surface area contributed by atoms with E-state index in [4.69, 9.17) is 11.6 Å². The van der Waals surface area contributed by atoms with E-state index in [2.05, 4.69) is 25.5 Å². The van der Waals surface area contributed by atoms with Gasteiger partial charge in [-0.1, -0.05) is 23.7 Å². The van der Waals surface area contributed by atoms with E-state index in [1.165, 1.54) is 0 Å². The number of nitrogens with zero attached hydrogens (tertiary/aromatic N) is 3. The van der Waals surface area contributed by atoms with Crippen LogP contribution in [-0.2, 0) is 0 Å². The minimum absolute atomic E-state index is 0.617. The first-order chi connectivity index (χ1) is 10.0. The van der Waals surface area contributed by atoms with Crippen LogP contribution >= 0.6 is 11.6 Å². The fourth-order valence-electron chi connectivity index (χ4n) is 1.80. The van der Waals surface area contributed by atoms with Crippen LogP contribution in [0, 0.1) is 6.92 Å². The van der Waals surface area contributed by atoms with Gasteiger partial charge in [0.15, 0.2) is 0 Å². The highest BCUT2D eigenvalue weighted by Crippen LogP contribution is 2.24. The average Bonchev–Trinajstić information content (AvgIpc) is 2.40. The van der Waals surface area contributed by atoms with Gasteiger partial charge >= 0.3 is 0 Å². The van der Waals surface area contributed by atoms with Crippen molar-refractivity contribution >= 4 is 29.1 Å². The quantitative estimate of drug-likeness (QED) is 0.858. The lowest BCUT2D eigenvalue weighted by Crippen LogP contribution is -2.21. The highest BCUT2D eigenvalue weighted by atomic mass is 35.5. The van der Waals surface area contributed by atoms with Crippen LogP contribution in [0.3, 0.4) is 0 Å². The van der Waals surface area contributed by atoms with Gasteiger partial charge in [0.2, 0.25) is 5.95 Å². The highest BCUT2D eigenvalue weighted by Gasteiger charge is 2.04. The fraction of sp³-hybridized carbons (Fsp3) is 0.333. The number of anilines is 3. The molecule has 0 radical (unpaired) electrons. The normalized spacial score (nSPS) is 10.7. The van der Waals surface area contributed by atoms with E-state index in [-0.39, 0.29) is 0 Å². The van der Waals surface area contributed by atoms with Gasteiger partial charge in [-0.25, -0.2) is 4.98 Å². The summed E-state index contributed by atoms with van der Waals surface area (Å²) in [5, 5.41) is 7.10. The number of hydrogen-bond donors (Lipinski definition) is 2. The first-order valence-electron chi connectivity index (χ1n) is 6.80. The van der Waals surface area contributed by atoms with Crippen LogP contribution in [0.25, 0.3) is 0 Å². The van der Waals surface area contributed by atoms with Crippen molar-refractivity contribution in [3.8, 4) is 0 Å². The average molecular weight is 306 g/mol. The van der Waals surface area contributed by atoms with E-state index in [1.807, 2.05) is 51.4 Å². The summed E-state index contributed by atoms with van der Waals surface area (Å²) in [7, 11) is 4.06. The molecule has 0 fully saturated rings. The largest absolute Gasteiger partial charge is 0.353 e. The summed E-state index contributed by atoms with van der Waals surface area (Å²) in [4.78, 5) is 10.9. The van der Waals surface area contributed by atoms with Crippen molar-refractivity contribution < 1.29 is 0 Å². The van der Waals surface area contributed by atoms with Crippen molar-refractivity contribution in [2.24, 2.45) is 0 Å². The second-order valence-electron chi connectivity index (χ2n) is 5.05. The molecule has 0 saturated heterocycles. The number of benzene rings is 1. The van der Waals surface area contributed by atoms with Crippen molar-refractivity contribution in [1.29, 1.82) is 0 Å². The van der Waals surface area contributed by atoms with Crippen molar-refractivity contribution in [3.63, 3.8) is 0 Å². The number of aromatic nitrogens is 2. The Balaban J connectivity index is 2.10. The number of likely N-dealkylation sites (N-methyl/N-ethyl adjacent to an activating group) is 1. The smallest absolute Gasteiger partial charge is 0.224 e. The molecule has 2 rings (SSSR count). The summed E-state index contributed by atoms with van der Waals surface area (Å²) in [6, 6.07) is 9.47. The first kappa shape index (κ1) is 15.5. The molecule has 21 heavy (non-hydrogen) atoms. The summed E-state index contributed by atoms with van der Waals surface area (Å²) < 4.78 is 0. The summed E-state index contributed by atoms with van der Waals surface area (Å²) in [6.07, 6.45) is 0. The topological polar surface area (TPSA) is 53.1 Å². The minimum Gasteiger partial charge on any atom is -0.353 e. The molecule has 0 bridgehead atoms. The monoisotopic (exact) mass is 305 g/mol. The van der Waals surface area contributed by atoms with E-state index >= 15 is 0 Å². The maximum Gasteiger partial charge on any atom is 0.224 e. The van der Waals surface area contributed by atoms with Gasteiger partial charge in [-0.2, -0.15) is 4.98 Å². The molecule has 1 aromatic carbocycles. The SMILES string of the molecule is Cc1cc(Nc2ccccc2Cl)nc(NCCN(C)C)n1. The molecule has 0 aliphatic rings. The van der Waals surface area contributed by atoms with Crippen LogP contribution in [0.4, 0.5) is 17.5 Å². The van der Waals surface area contributed by atoms with E-state index < -0.39 is 0 Å². The molecule has 0 atom stereocenters. The molecule has 1 aromatic heterocycles. The molecule has 6 heteroatoms. The highest BCUT2D eigenvalue weighted by molar-refractivity contribution is 6.33. The van der Waals surface area contributed by atoms with Gasteiger partial charge in [0.1, 0.15) is 5.82 Å². The molecule has 2 aromatic rings. The lowest BCUT2D eigenvalue weighted by Gasteiger charge is -2.12. The summed E-state index contributed by atoms with van der Waals surface area (Å²) >= 11 is 6.15. The molecular formula is C15H20ClN5. The first-order valence-corrected chi connectivity index (χ1v) is 7.18. The number of para-hydroxylation sites is 1. The third-order valence-corrected chi connectivity index (χ3v) is 3.16. The molecule has 0 aliphatic heterocycles. The third-order valence-electron chi connectivity index (χ3n) is 2.83. The van der Waals surface area contributed by atoms with Crippen molar-refractivity contribution in [2.45, 2.75) is 6.92 Å². The second-order valence-corrected chi connectivity index (χ2v) is 5.46. The van der Waals surface area contributed by atoms with E-state index in [1.54, 1.807) is 0 Å². The van der Waals surface area contributed by atoms with Gasteiger partial charge in [0, 0.05) is 24.8 Å². The Kier molecular flexibility index (Phi) is 5.36. The Morgan fingerprint density at radius 3 is 2.67 bits per heavy atom. The lowest BCUT2D eigenvalue weighted by molar-refractivity contribution is 0.425. The zero-order chi connectivity index (χ0) is 15.2. The van der Waals surface area contributed by atoms with Crippen molar-refractivity contribution in [2.75, 3.05) is 37.8 Å². The molecule has 5 nitrogen and oxygen atoms in total. The van der Waals surface area contributed by atoms with Crippen LogP contribution in [-0.4, -0.2) is 42.1 Å². The predicted octanol–water partition coefficient (Wildman–Crippen LogP) is 3.16. The maximum absolute atomic E-state index is 6.15. The van der Waals surface area contributed by atoms with E-state index in [9.17, 15) is 0 Å². The Bertz CT molecular complexity index is 600. The molecule has 0 spiro atoms. The van der Waals surface area contributed by atoms with Crippen LogP contribution in [0.1, 0.15) is 5.69 Å². The van der Waals surface area contributed by atoms with E-state index in [0.29, 0.717) is 11.0 Å². The van der Waals surface area contributed by atoms with Crippen LogP contribution in [0.5, 0.6) is 0 Å². The maximum atomic E-state index is 6.15. The molecule has 2 N–H and O–H groups in total. The van der Waals surface area contributed by atoms with Gasteiger partial charge in [0.25, 0.3) is 0 Å². The summed E-state index contributed by atoms with van der Waals surface area (Å²) in [6.45, 7) is 3.66.